The number of terminal acetylenes is 1. The van der Waals surface area contributed by atoms with Crippen molar-refractivity contribution in [3.8, 4) is 12.3 Å². The van der Waals surface area contributed by atoms with E-state index >= 15 is 0 Å². The summed E-state index contributed by atoms with van der Waals surface area (Å²) in [7, 11) is 0. The van der Waals surface area contributed by atoms with Crippen LogP contribution in [0, 0.1) is 12.3 Å². The van der Waals surface area contributed by atoms with Gasteiger partial charge in [-0.3, -0.25) is 0 Å². The lowest BCUT2D eigenvalue weighted by Crippen LogP contribution is -2.26. The summed E-state index contributed by atoms with van der Waals surface area (Å²) in [4.78, 5) is 4.37. The summed E-state index contributed by atoms with van der Waals surface area (Å²) < 4.78 is 5.24. The molecule has 0 unspecified atom stereocenters. The van der Waals surface area contributed by atoms with E-state index in [0.29, 0.717) is 18.8 Å². The second-order valence-corrected chi connectivity index (χ2v) is 3.78. The normalized spacial score (nSPS) is 17.5. The average molecular weight is 205 g/mol. The van der Waals surface area contributed by atoms with Crippen LogP contribution in [0.5, 0.6) is 0 Å². The number of nitrogens with one attached hydrogen (secondary N) is 1. The van der Waals surface area contributed by atoms with Gasteiger partial charge in [0.15, 0.2) is 5.82 Å². The molecule has 0 aromatic carbocycles. The summed E-state index contributed by atoms with van der Waals surface area (Å²) in [5, 5.41) is 7.24. The van der Waals surface area contributed by atoms with Crippen molar-refractivity contribution in [2.24, 2.45) is 0 Å². The first-order chi connectivity index (χ1) is 7.40. The Kier molecular flexibility index (Phi) is 3.36. The van der Waals surface area contributed by atoms with E-state index in [2.05, 4.69) is 21.4 Å². The van der Waals surface area contributed by atoms with Crippen LogP contribution in [0.3, 0.4) is 0 Å². The SMILES string of the molecule is C#CCCc1noc(C2CCNCC2)n1. The number of hydrogen-bond donors (Lipinski definition) is 1. The van der Waals surface area contributed by atoms with E-state index in [1.54, 1.807) is 0 Å². The van der Waals surface area contributed by atoms with Crippen LogP contribution in [0.25, 0.3) is 0 Å². The minimum absolute atomic E-state index is 0.429. The molecule has 0 saturated carbocycles. The van der Waals surface area contributed by atoms with Crippen LogP contribution in [-0.2, 0) is 6.42 Å². The fourth-order valence-corrected chi connectivity index (χ4v) is 1.79. The van der Waals surface area contributed by atoms with Crippen molar-refractivity contribution in [2.45, 2.75) is 31.6 Å². The topological polar surface area (TPSA) is 51.0 Å². The summed E-state index contributed by atoms with van der Waals surface area (Å²) in [6.45, 7) is 2.07. The van der Waals surface area contributed by atoms with Crippen LogP contribution in [0.1, 0.15) is 36.9 Å². The van der Waals surface area contributed by atoms with Gasteiger partial charge in [-0.2, -0.15) is 4.98 Å². The van der Waals surface area contributed by atoms with Crippen LogP contribution in [0.4, 0.5) is 0 Å². The number of aromatic nitrogens is 2. The van der Waals surface area contributed by atoms with Gasteiger partial charge >= 0.3 is 0 Å². The van der Waals surface area contributed by atoms with E-state index in [1.807, 2.05) is 0 Å². The van der Waals surface area contributed by atoms with Crippen molar-refractivity contribution in [3.63, 3.8) is 0 Å². The molecule has 0 spiro atoms. The molecule has 2 heterocycles. The highest BCUT2D eigenvalue weighted by atomic mass is 16.5. The quantitative estimate of drug-likeness (QED) is 0.751. The van der Waals surface area contributed by atoms with Gasteiger partial charge in [-0.15, -0.1) is 12.3 Å². The third kappa shape index (κ3) is 2.57. The van der Waals surface area contributed by atoms with Crippen LogP contribution in [0.15, 0.2) is 4.52 Å². The Bertz CT molecular complexity index is 347. The molecule has 0 bridgehead atoms. The molecule has 80 valence electrons. The molecule has 1 saturated heterocycles. The second kappa shape index (κ2) is 4.94. The van der Waals surface area contributed by atoms with Gasteiger partial charge in [-0.1, -0.05) is 5.16 Å². The molecule has 1 aromatic rings. The lowest BCUT2D eigenvalue weighted by molar-refractivity contribution is 0.318. The molecule has 1 aliphatic rings. The third-order valence-corrected chi connectivity index (χ3v) is 2.67. The summed E-state index contributed by atoms with van der Waals surface area (Å²) in [6.07, 6.45) is 8.73. The number of hydrogen-bond acceptors (Lipinski definition) is 4. The Hall–Kier alpha value is -1.34. The van der Waals surface area contributed by atoms with Crippen LogP contribution in [0.2, 0.25) is 0 Å². The Labute approximate surface area is 89.4 Å². The smallest absolute Gasteiger partial charge is 0.229 e. The summed E-state index contributed by atoms with van der Waals surface area (Å²) >= 11 is 0. The van der Waals surface area contributed by atoms with E-state index < -0.39 is 0 Å². The summed E-state index contributed by atoms with van der Waals surface area (Å²) in [5.74, 6) is 4.52. The van der Waals surface area contributed by atoms with Gasteiger partial charge in [0.1, 0.15) is 0 Å². The molecule has 4 heteroatoms. The summed E-state index contributed by atoms with van der Waals surface area (Å²) in [6, 6.07) is 0. The molecule has 0 radical (unpaired) electrons. The maximum Gasteiger partial charge on any atom is 0.229 e. The van der Waals surface area contributed by atoms with E-state index in [0.717, 1.165) is 37.6 Å². The highest BCUT2D eigenvalue weighted by Crippen LogP contribution is 2.23. The predicted octanol–water partition coefficient (Wildman–Crippen LogP) is 1.10. The second-order valence-electron chi connectivity index (χ2n) is 3.78. The lowest BCUT2D eigenvalue weighted by atomic mass is 9.98. The molecule has 0 aliphatic carbocycles. The zero-order valence-corrected chi connectivity index (χ0v) is 8.70. The molecule has 4 nitrogen and oxygen atoms in total. The maximum atomic E-state index is 5.24. The van der Waals surface area contributed by atoms with Crippen molar-refractivity contribution in [2.75, 3.05) is 13.1 Å². The Morgan fingerprint density at radius 3 is 3.00 bits per heavy atom. The Balaban J connectivity index is 1.96. The highest BCUT2D eigenvalue weighted by molar-refractivity contribution is 4.98. The molecule has 1 fully saturated rings. The predicted molar refractivity (Wildman–Crippen MR) is 56.3 cm³/mol. The zero-order valence-electron chi connectivity index (χ0n) is 8.70. The van der Waals surface area contributed by atoms with Gasteiger partial charge in [0.05, 0.1) is 0 Å². The van der Waals surface area contributed by atoms with Crippen LogP contribution < -0.4 is 5.32 Å². The van der Waals surface area contributed by atoms with E-state index in [9.17, 15) is 0 Å². The lowest BCUT2D eigenvalue weighted by Gasteiger charge is -2.18. The molecular formula is C11H15N3O. The first kappa shape index (κ1) is 10.2. The minimum Gasteiger partial charge on any atom is -0.339 e. The molecule has 15 heavy (non-hydrogen) atoms. The third-order valence-electron chi connectivity index (χ3n) is 2.67. The number of piperidine rings is 1. The molecule has 0 atom stereocenters. The van der Waals surface area contributed by atoms with Gasteiger partial charge in [0.2, 0.25) is 5.89 Å². The first-order valence-corrected chi connectivity index (χ1v) is 5.37. The first-order valence-electron chi connectivity index (χ1n) is 5.37. The van der Waals surface area contributed by atoms with Gasteiger partial charge < -0.3 is 9.84 Å². The molecular weight excluding hydrogens is 190 g/mol. The standard InChI is InChI=1S/C11H15N3O/c1-2-3-4-10-13-11(15-14-10)9-5-7-12-8-6-9/h1,9,12H,3-8H2. The fourth-order valence-electron chi connectivity index (χ4n) is 1.79. The average Bonchev–Trinajstić information content (AvgIpc) is 2.76. The largest absolute Gasteiger partial charge is 0.339 e. The van der Waals surface area contributed by atoms with Gasteiger partial charge in [0, 0.05) is 18.8 Å². The monoisotopic (exact) mass is 205 g/mol. The molecule has 2 rings (SSSR count). The van der Waals surface area contributed by atoms with E-state index in [-0.39, 0.29) is 0 Å². The van der Waals surface area contributed by atoms with Crippen molar-refractivity contribution in [1.29, 1.82) is 0 Å². The Morgan fingerprint density at radius 2 is 2.27 bits per heavy atom. The zero-order chi connectivity index (χ0) is 10.5. The number of aryl methyl sites for hydroxylation is 1. The molecule has 1 N–H and O–H groups in total. The van der Waals surface area contributed by atoms with Crippen molar-refractivity contribution in [1.82, 2.24) is 15.5 Å². The van der Waals surface area contributed by atoms with Crippen LogP contribution >= 0.6 is 0 Å². The van der Waals surface area contributed by atoms with E-state index in [1.165, 1.54) is 0 Å². The van der Waals surface area contributed by atoms with Crippen molar-refractivity contribution >= 4 is 0 Å². The highest BCUT2D eigenvalue weighted by Gasteiger charge is 2.20. The fraction of sp³-hybridized carbons (Fsp3) is 0.636. The summed E-state index contributed by atoms with van der Waals surface area (Å²) in [5.41, 5.74) is 0. The molecule has 1 aliphatic heterocycles. The number of rotatable bonds is 3. The van der Waals surface area contributed by atoms with Gasteiger partial charge in [0.25, 0.3) is 0 Å². The van der Waals surface area contributed by atoms with Crippen LogP contribution in [-0.4, -0.2) is 23.2 Å². The van der Waals surface area contributed by atoms with Gasteiger partial charge in [-0.05, 0) is 25.9 Å². The maximum absolute atomic E-state index is 5.24. The minimum atomic E-state index is 0.429. The van der Waals surface area contributed by atoms with Gasteiger partial charge in [-0.25, -0.2) is 0 Å². The Morgan fingerprint density at radius 1 is 1.47 bits per heavy atom. The molecule has 1 aromatic heterocycles. The molecule has 0 amide bonds. The van der Waals surface area contributed by atoms with Crippen molar-refractivity contribution < 1.29 is 4.52 Å². The van der Waals surface area contributed by atoms with E-state index in [4.69, 9.17) is 10.9 Å². The number of nitrogens with zero attached hydrogens (tertiary/aromatic N) is 2. The van der Waals surface area contributed by atoms with Crippen molar-refractivity contribution in [3.05, 3.63) is 11.7 Å².